The molecule has 0 saturated heterocycles. The Morgan fingerprint density at radius 1 is 1.56 bits per heavy atom. The Morgan fingerprint density at radius 2 is 2.28 bits per heavy atom. The van der Waals surface area contributed by atoms with Crippen LogP contribution in [0.15, 0.2) is 24.3 Å². The van der Waals surface area contributed by atoms with Crippen LogP contribution >= 0.6 is 11.6 Å². The highest BCUT2D eigenvalue weighted by molar-refractivity contribution is 6.20. The summed E-state index contributed by atoms with van der Waals surface area (Å²) in [5.41, 5.74) is 0.989. The van der Waals surface area contributed by atoms with Crippen LogP contribution in [-0.2, 0) is 4.79 Å². The number of hydrogen-bond acceptors (Lipinski definition) is 2. The van der Waals surface area contributed by atoms with E-state index in [-0.39, 0.29) is 17.2 Å². The van der Waals surface area contributed by atoms with E-state index < -0.39 is 0 Å². The van der Waals surface area contributed by atoms with Crippen LogP contribution in [0.25, 0.3) is 0 Å². The first kappa shape index (κ1) is 13.2. The zero-order valence-corrected chi connectivity index (χ0v) is 11.5. The molecule has 3 nitrogen and oxygen atoms in total. The van der Waals surface area contributed by atoms with Crippen LogP contribution in [0.5, 0.6) is 5.75 Å². The second-order valence-corrected chi connectivity index (χ2v) is 5.47. The van der Waals surface area contributed by atoms with E-state index in [9.17, 15) is 4.79 Å². The number of ether oxygens (including phenoxy) is 1. The fourth-order valence-electron chi connectivity index (χ4n) is 2.33. The highest BCUT2D eigenvalue weighted by atomic mass is 35.5. The number of rotatable bonds is 3. The molecule has 2 unspecified atom stereocenters. The maximum Gasteiger partial charge on any atom is 0.230 e. The van der Waals surface area contributed by atoms with Crippen molar-refractivity contribution in [2.24, 2.45) is 0 Å². The van der Waals surface area contributed by atoms with Crippen molar-refractivity contribution < 1.29 is 9.53 Å². The Hall–Kier alpha value is -1.22. The molecular weight excluding hydrogens is 250 g/mol. The van der Waals surface area contributed by atoms with Gasteiger partial charge in [-0.3, -0.25) is 4.79 Å². The first-order valence-electron chi connectivity index (χ1n) is 6.20. The van der Waals surface area contributed by atoms with Gasteiger partial charge in [0.05, 0.1) is 12.5 Å². The first-order chi connectivity index (χ1) is 8.59. The number of para-hydroxylation sites is 1. The molecule has 1 aromatic rings. The molecule has 0 aromatic heterocycles. The molecule has 0 N–H and O–H groups in total. The van der Waals surface area contributed by atoms with Gasteiger partial charge in [-0.2, -0.15) is 0 Å². The molecule has 4 heteroatoms. The van der Waals surface area contributed by atoms with Crippen molar-refractivity contribution in [1.29, 1.82) is 0 Å². The number of likely N-dealkylation sites (N-methyl/N-ethyl adjacent to an activating group) is 1. The van der Waals surface area contributed by atoms with Crippen LogP contribution in [0.1, 0.15) is 24.8 Å². The highest BCUT2D eigenvalue weighted by Crippen LogP contribution is 2.34. The predicted octanol–water partition coefficient (Wildman–Crippen LogP) is 2.64. The second-order valence-electron chi connectivity index (χ2n) is 4.73. The van der Waals surface area contributed by atoms with Crippen molar-refractivity contribution in [3.8, 4) is 5.75 Å². The van der Waals surface area contributed by atoms with E-state index in [4.69, 9.17) is 16.3 Å². The maximum atomic E-state index is 12.4. The van der Waals surface area contributed by atoms with E-state index in [1.54, 1.807) is 11.9 Å². The van der Waals surface area contributed by atoms with Gasteiger partial charge in [0.1, 0.15) is 5.75 Å². The summed E-state index contributed by atoms with van der Waals surface area (Å²) in [5.74, 6) is 0.850. The zero-order chi connectivity index (χ0) is 13.1. The number of benzene rings is 1. The normalized spacial score (nSPS) is 19.6. The van der Waals surface area contributed by atoms with Gasteiger partial charge in [-0.05, 0) is 19.4 Å². The predicted molar refractivity (Wildman–Crippen MR) is 72.2 cm³/mol. The number of halogens is 1. The third-order valence-corrected chi connectivity index (χ3v) is 3.30. The van der Waals surface area contributed by atoms with Gasteiger partial charge in [-0.1, -0.05) is 18.2 Å². The Morgan fingerprint density at radius 3 is 3.00 bits per heavy atom. The molecule has 1 aromatic carbocycles. The van der Waals surface area contributed by atoms with Crippen LogP contribution in [0, 0.1) is 0 Å². The van der Waals surface area contributed by atoms with Gasteiger partial charge in [0.25, 0.3) is 0 Å². The molecule has 0 spiro atoms. The number of carbonyl (C=O) groups excluding carboxylic acids is 1. The fourth-order valence-corrected chi connectivity index (χ4v) is 2.54. The van der Waals surface area contributed by atoms with Crippen molar-refractivity contribution >= 4 is 17.5 Å². The van der Waals surface area contributed by atoms with Crippen LogP contribution in [0.2, 0.25) is 0 Å². The molecule has 0 saturated carbocycles. The summed E-state index contributed by atoms with van der Waals surface area (Å²) >= 11 is 5.94. The number of nitrogens with zero attached hydrogens (tertiary/aromatic N) is 1. The third kappa shape index (κ3) is 2.78. The van der Waals surface area contributed by atoms with Gasteiger partial charge < -0.3 is 9.64 Å². The molecule has 98 valence electrons. The van der Waals surface area contributed by atoms with Crippen LogP contribution in [0.3, 0.4) is 0 Å². The minimum atomic E-state index is -0.102. The van der Waals surface area contributed by atoms with Gasteiger partial charge in [0, 0.05) is 24.5 Å². The Kier molecular flexibility index (Phi) is 4.12. The molecule has 0 aliphatic carbocycles. The van der Waals surface area contributed by atoms with Gasteiger partial charge in [0.2, 0.25) is 5.91 Å². The molecular formula is C14H18ClNO2. The van der Waals surface area contributed by atoms with Crippen molar-refractivity contribution in [2.45, 2.75) is 24.6 Å². The third-order valence-electron chi connectivity index (χ3n) is 3.16. The molecule has 1 aliphatic heterocycles. The fraction of sp³-hybridized carbons (Fsp3) is 0.500. The molecule has 18 heavy (non-hydrogen) atoms. The van der Waals surface area contributed by atoms with Gasteiger partial charge in [0.15, 0.2) is 0 Å². The van der Waals surface area contributed by atoms with E-state index in [2.05, 4.69) is 0 Å². The number of hydrogen-bond donors (Lipinski definition) is 0. The van der Waals surface area contributed by atoms with Crippen molar-refractivity contribution in [3.63, 3.8) is 0 Å². The lowest BCUT2D eigenvalue weighted by atomic mass is 9.92. The van der Waals surface area contributed by atoms with Gasteiger partial charge in [-0.25, -0.2) is 0 Å². The number of alkyl halides is 1. The maximum absolute atomic E-state index is 12.4. The second kappa shape index (κ2) is 5.61. The summed E-state index contributed by atoms with van der Waals surface area (Å²) in [6.07, 6.45) is 0.733. The van der Waals surface area contributed by atoms with Crippen LogP contribution in [-0.4, -0.2) is 36.4 Å². The topological polar surface area (TPSA) is 29.5 Å². The summed E-state index contributed by atoms with van der Waals surface area (Å²) in [5, 5.41) is -0.0333. The summed E-state index contributed by atoms with van der Waals surface area (Å²) in [4.78, 5) is 14.1. The zero-order valence-electron chi connectivity index (χ0n) is 10.7. The molecule has 1 aliphatic rings. The molecule has 2 atom stereocenters. The number of fused-ring (bicyclic) bond motifs is 1. The Balaban J connectivity index is 2.17. The molecule has 1 amide bonds. The lowest BCUT2D eigenvalue weighted by Gasteiger charge is -2.29. The van der Waals surface area contributed by atoms with Gasteiger partial charge in [-0.15, -0.1) is 11.6 Å². The van der Waals surface area contributed by atoms with Crippen LogP contribution in [0.4, 0.5) is 0 Å². The SMILES string of the molecule is CC(Cl)CN(C)C(=O)C1CCOc2ccccc21. The largest absolute Gasteiger partial charge is 0.493 e. The smallest absolute Gasteiger partial charge is 0.230 e. The highest BCUT2D eigenvalue weighted by Gasteiger charge is 2.29. The molecule has 0 radical (unpaired) electrons. The van der Waals surface area contributed by atoms with E-state index in [1.807, 2.05) is 31.2 Å². The molecule has 0 fully saturated rings. The van der Waals surface area contributed by atoms with Gasteiger partial charge >= 0.3 is 0 Å². The summed E-state index contributed by atoms with van der Waals surface area (Å²) in [6.45, 7) is 3.06. The molecule has 2 rings (SSSR count). The molecule has 1 heterocycles. The van der Waals surface area contributed by atoms with Crippen molar-refractivity contribution in [2.75, 3.05) is 20.2 Å². The van der Waals surface area contributed by atoms with Crippen LogP contribution < -0.4 is 4.74 Å². The van der Waals surface area contributed by atoms with E-state index in [0.717, 1.165) is 17.7 Å². The molecule has 0 bridgehead atoms. The van der Waals surface area contributed by atoms with E-state index in [1.165, 1.54) is 0 Å². The average molecular weight is 268 g/mol. The van der Waals surface area contributed by atoms with E-state index >= 15 is 0 Å². The monoisotopic (exact) mass is 267 g/mol. The van der Waals surface area contributed by atoms with Crippen molar-refractivity contribution in [3.05, 3.63) is 29.8 Å². The Labute approximate surface area is 113 Å². The summed E-state index contributed by atoms with van der Waals surface area (Å²) in [6, 6.07) is 7.75. The standard InChI is InChI=1S/C14H18ClNO2/c1-10(15)9-16(2)14(17)12-7-8-18-13-6-4-3-5-11(12)13/h3-6,10,12H,7-9H2,1-2H3. The summed E-state index contributed by atoms with van der Waals surface area (Å²) < 4.78 is 5.57. The average Bonchev–Trinajstić information content (AvgIpc) is 2.36. The van der Waals surface area contributed by atoms with Crippen molar-refractivity contribution in [1.82, 2.24) is 4.90 Å². The lowest BCUT2D eigenvalue weighted by Crippen LogP contribution is -2.37. The minimum Gasteiger partial charge on any atom is -0.493 e. The Bertz CT molecular complexity index is 434. The van der Waals surface area contributed by atoms with E-state index in [0.29, 0.717) is 13.2 Å². The summed E-state index contributed by atoms with van der Waals surface area (Å²) in [7, 11) is 1.80. The first-order valence-corrected chi connectivity index (χ1v) is 6.64. The minimum absolute atomic E-state index is 0.0333. The number of amides is 1. The lowest BCUT2D eigenvalue weighted by molar-refractivity contribution is -0.132. The quantitative estimate of drug-likeness (QED) is 0.788. The number of carbonyl (C=O) groups is 1.